The number of aliphatic hydroxyl groups excluding tert-OH is 2. The number of hydrogen-bond donors (Lipinski definition) is 2. The summed E-state index contributed by atoms with van der Waals surface area (Å²) >= 11 is 0. The quantitative estimate of drug-likeness (QED) is 0.345. The lowest BCUT2D eigenvalue weighted by Crippen LogP contribution is -2.32. The smallest absolute Gasteiger partial charge is 0.330 e. The number of esters is 1. The van der Waals surface area contributed by atoms with E-state index in [9.17, 15) is 15.0 Å². The third-order valence-corrected chi connectivity index (χ3v) is 7.18. The Balaban J connectivity index is 1.47. The molecule has 0 radical (unpaired) electrons. The van der Waals surface area contributed by atoms with E-state index in [1.807, 2.05) is 43.3 Å². The molecule has 1 aromatic rings. The molecule has 1 aromatic carbocycles. The zero-order valence-corrected chi connectivity index (χ0v) is 21.9. The molecule has 6 nitrogen and oxygen atoms in total. The molecule has 0 spiro atoms. The molecular weight excluding hydrogens is 468 g/mol. The van der Waals surface area contributed by atoms with Crippen molar-refractivity contribution in [2.24, 2.45) is 5.92 Å². The largest absolute Gasteiger partial charge is 0.456 e. The summed E-state index contributed by atoms with van der Waals surface area (Å²) in [6.07, 6.45) is 11.6. The minimum absolute atomic E-state index is 0.0850. The Kier molecular flexibility index (Phi) is 9.54. The zero-order chi connectivity index (χ0) is 26.4. The third-order valence-electron chi connectivity index (χ3n) is 7.18. The van der Waals surface area contributed by atoms with E-state index in [1.165, 1.54) is 6.08 Å². The van der Waals surface area contributed by atoms with Gasteiger partial charge < -0.3 is 24.4 Å². The summed E-state index contributed by atoms with van der Waals surface area (Å²) in [6, 6.07) is 7.92. The summed E-state index contributed by atoms with van der Waals surface area (Å²) in [5, 5.41) is 21.7. The molecule has 200 valence electrons. The molecule has 2 bridgehead atoms. The number of aryl methyl sites for hydroxylation is 1. The van der Waals surface area contributed by atoms with Gasteiger partial charge in [0.2, 0.25) is 0 Å². The van der Waals surface area contributed by atoms with E-state index in [-0.39, 0.29) is 24.4 Å². The Morgan fingerprint density at radius 3 is 2.78 bits per heavy atom. The summed E-state index contributed by atoms with van der Waals surface area (Å²) < 4.78 is 17.7. The predicted octanol–water partition coefficient (Wildman–Crippen LogP) is 4.84. The minimum atomic E-state index is -1.02. The standard InChI is InChI=1S/C31H40O6/c1-20-7-4-8-23(16-20)13-14-26(32)28-19-29-31(37-29)27(33)18-22(3)15-21(2)17-25-11-5-9-24(35-25)10-6-12-30(34)36-28/h4-9,12-14,16,21,24-29,31-33H,3,10-11,15,17-19H2,1-2H3/b12-6-,14-13+/t21?,24?,25-,26?,27-,28?,29-,31?/m0/s1. The maximum Gasteiger partial charge on any atom is 0.330 e. The molecule has 0 aromatic heterocycles. The van der Waals surface area contributed by atoms with Gasteiger partial charge in [-0.25, -0.2) is 4.79 Å². The minimum Gasteiger partial charge on any atom is -0.456 e. The third kappa shape index (κ3) is 8.50. The van der Waals surface area contributed by atoms with Crippen LogP contribution in [0.2, 0.25) is 0 Å². The van der Waals surface area contributed by atoms with Crippen LogP contribution in [-0.4, -0.2) is 58.9 Å². The lowest BCUT2D eigenvalue weighted by atomic mass is 9.91. The number of rotatable bonds is 3. The number of cyclic esters (lactones) is 1. The van der Waals surface area contributed by atoms with E-state index < -0.39 is 24.3 Å². The number of carbonyl (C=O) groups is 1. The van der Waals surface area contributed by atoms with Gasteiger partial charge in [-0.1, -0.05) is 79.3 Å². The molecular formula is C31H40O6. The highest BCUT2D eigenvalue weighted by Gasteiger charge is 2.46. The van der Waals surface area contributed by atoms with Crippen molar-refractivity contribution in [1.82, 2.24) is 0 Å². The summed E-state index contributed by atoms with van der Waals surface area (Å²) in [5.41, 5.74) is 3.06. The number of ether oxygens (including phenoxy) is 3. The molecule has 1 fully saturated rings. The van der Waals surface area contributed by atoms with Gasteiger partial charge in [-0.05, 0) is 50.5 Å². The first-order chi connectivity index (χ1) is 17.8. The van der Waals surface area contributed by atoms with E-state index >= 15 is 0 Å². The summed E-state index contributed by atoms with van der Waals surface area (Å²) in [4.78, 5) is 12.6. The predicted molar refractivity (Wildman–Crippen MR) is 144 cm³/mol. The van der Waals surface area contributed by atoms with Crippen LogP contribution in [0.25, 0.3) is 6.08 Å². The number of hydrogen-bond acceptors (Lipinski definition) is 6. The average molecular weight is 509 g/mol. The fourth-order valence-electron chi connectivity index (χ4n) is 5.30. The number of carbonyl (C=O) groups excluding carboxylic acids is 1. The Hall–Kier alpha value is -2.51. The fourth-order valence-corrected chi connectivity index (χ4v) is 5.30. The number of epoxide rings is 1. The summed E-state index contributed by atoms with van der Waals surface area (Å²) in [6.45, 7) is 8.39. The van der Waals surface area contributed by atoms with Gasteiger partial charge in [-0.3, -0.25) is 0 Å². The molecule has 5 unspecified atom stereocenters. The number of benzene rings is 1. The zero-order valence-electron chi connectivity index (χ0n) is 21.9. The summed E-state index contributed by atoms with van der Waals surface area (Å²) in [7, 11) is 0. The van der Waals surface area contributed by atoms with Gasteiger partial charge in [-0.15, -0.1) is 0 Å². The van der Waals surface area contributed by atoms with Crippen molar-refractivity contribution >= 4 is 12.0 Å². The first-order valence-electron chi connectivity index (χ1n) is 13.4. The van der Waals surface area contributed by atoms with Crippen LogP contribution in [0, 0.1) is 12.8 Å². The number of aliphatic hydroxyl groups is 2. The highest BCUT2D eigenvalue weighted by atomic mass is 16.6. The molecule has 6 heteroatoms. The van der Waals surface area contributed by atoms with Crippen LogP contribution >= 0.6 is 0 Å². The highest BCUT2D eigenvalue weighted by molar-refractivity contribution is 5.82. The normalized spacial score (nSPS) is 35.2. The molecule has 0 saturated carbocycles. The fraction of sp³-hybridized carbons (Fsp3) is 0.516. The SMILES string of the molecule is C=C1CC(C)C[C@@H]2CC=CC(C/C=C\C(=O)OC(C(O)/C=C/c3cccc(C)c3)C[C@@H]3OC3[C@@H](O)C1)O2. The molecule has 8 atom stereocenters. The van der Waals surface area contributed by atoms with Gasteiger partial charge in [0.1, 0.15) is 18.3 Å². The van der Waals surface area contributed by atoms with Crippen LogP contribution < -0.4 is 0 Å². The molecule has 1 saturated heterocycles. The number of fused-ring (bicyclic) bond motifs is 3. The first-order valence-corrected chi connectivity index (χ1v) is 13.4. The van der Waals surface area contributed by atoms with Crippen LogP contribution in [0.1, 0.15) is 56.6 Å². The van der Waals surface area contributed by atoms with E-state index in [4.69, 9.17) is 14.2 Å². The van der Waals surface area contributed by atoms with Crippen LogP contribution in [-0.2, 0) is 19.0 Å². The van der Waals surface area contributed by atoms with Crippen LogP contribution in [0.4, 0.5) is 0 Å². The summed E-state index contributed by atoms with van der Waals surface area (Å²) in [5.74, 6) is -0.137. The monoisotopic (exact) mass is 508 g/mol. The van der Waals surface area contributed by atoms with Crippen LogP contribution in [0.15, 0.2) is 66.8 Å². The van der Waals surface area contributed by atoms with Crippen LogP contribution in [0.5, 0.6) is 0 Å². The maximum absolute atomic E-state index is 12.6. The highest BCUT2D eigenvalue weighted by Crippen LogP contribution is 2.34. The van der Waals surface area contributed by atoms with E-state index in [1.54, 1.807) is 12.2 Å². The molecule has 3 heterocycles. The molecule has 4 rings (SSSR count). The van der Waals surface area contributed by atoms with Crippen molar-refractivity contribution in [3.05, 3.63) is 77.9 Å². The van der Waals surface area contributed by atoms with Gasteiger partial charge in [0.25, 0.3) is 0 Å². The van der Waals surface area contributed by atoms with Gasteiger partial charge in [0, 0.05) is 12.5 Å². The second kappa shape index (κ2) is 12.8. The lowest BCUT2D eigenvalue weighted by molar-refractivity contribution is -0.147. The average Bonchev–Trinajstić information content (AvgIpc) is 3.61. The molecule has 2 N–H and O–H groups in total. The van der Waals surface area contributed by atoms with E-state index in [0.717, 1.165) is 36.0 Å². The van der Waals surface area contributed by atoms with Crippen molar-refractivity contribution in [3.8, 4) is 0 Å². The maximum atomic E-state index is 12.6. The molecule has 0 amide bonds. The Morgan fingerprint density at radius 2 is 1.97 bits per heavy atom. The second-order valence-corrected chi connectivity index (χ2v) is 10.8. The van der Waals surface area contributed by atoms with Crippen molar-refractivity contribution in [3.63, 3.8) is 0 Å². The van der Waals surface area contributed by atoms with Crippen molar-refractivity contribution in [2.45, 2.75) is 95.1 Å². The van der Waals surface area contributed by atoms with Crippen molar-refractivity contribution in [1.29, 1.82) is 0 Å². The Bertz CT molecular complexity index is 1030. The van der Waals surface area contributed by atoms with Crippen molar-refractivity contribution in [2.75, 3.05) is 0 Å². The lowest BCUT2D eigenvalue weighted by Gasteiger charge is -2.28. The topological polar surface area (TPSA) is 88.5 Å². The van der Waals surface area contributed by atoms with Crippen molar-refractivity contribution < 1.29 is 29.2 Å². The first kappa shape index (κ1) is 27.5. The van der Waals surface area contributed by atoms with E-state index in [2.05, 4.69) is 19.6 Å². The molecule has 3 aliphatic rings. The Labute approximate surface area is 220 Å². The van der Waals surface area contributed by atoms with Gasteiger partial charge in [-0.2, -0.15) is 0 Å². The molecule has 37 heavy (non-hydrogen) atoms. The molecule has 3 aliphatic heterocycles. The second-order valence-electron chi connectivity index (χ2n) is 10.8. The Morgan fingerprint density at radius 1 is 1.14 bits per heavy atom. The van der Waals surface area contributed by atoms with Gasteiger partial charge in [0.05, 0.1) is 24.4 Å². The molecule has 0 aliphatic carbocycles. The van der Waals surface area contributed by atoms with Gasteiger partial charge >= 0.3 is 5.97 Å². The van der Waals surface area contributed by atoms with Crippen LogP contribution in [0.3, 0.4) is 0 Å². The van der Waals surface area contributed by atoms with Gasteiger partial charge in [0.15, 0.2) is 0 Å². The van der Waals surface area contributed by atoms with E-state index in [0.29, 0.717) is 25.2 Å².